The number of hydrogen-bond donors (Lipinski definition) is 3. The number of aliphatic hydroxyl groups excluding tert-OH is 3. The molecule has 6 aliphatic rings. The minimum absolute atomic E-state index is 0.00528. The summed E-state index contributed by atoms with van der Waals surface area (Å²) in [5.41, 5.74) is 4.52. The molecule has 7 nitrogen and oxygen atoms in total. The lowest BCUT2D eigenvalue weighted by atomic mass is 9.45. The molecule has 12 atom stereocenters. The Morgan fingerprint density at radius 2 is 1.39 bits per heavy atom. The van der Waals surface area contributed by atoms with E-state index in [0.29, 0.717) is 18.8 Å². The van der Waals surface area contributed by atoms with Crippen molar-refractivity contribution in [1.82, 2.24) is 0 Å². The number of aliphatic hydroxyl groups is 3. The van der Waals surface area contributed by atoms with E-state index in [1.165, 1.54) is 57.2 Å². The Labute approximate surface area is 455 Å². The fraction of sp³-hybridized carbons (Fsp3) is 0.567. The van der Waals surface area contributed by atoms with Crippen LogP contribution < -0.4 is 0 Å². The first-order valence-electron chi connectivity index (χ1n) is 28.0. The van der Waals surface area contributed by atoms with Gasteiger partial charge in [0, 0.05) is 29.6 Å². The van der Waals surface area contributed by atoms with Gasteiger partial charge in [0.15, 0.2) is 17.2 Å². The van der Waals surface area contributed by atoms with Crippen LogP contribution in [0.5, 0.6) is 0 Å². The Morgan fingerprint density at radius 1 is 0.803 bits per heavy atom. The maximum atomic E-state index is 17.1. The van der Waals surface area contributed by atoms with E-state index in [-0.39, 0.29) is 77.9 Å². The first kappa shape index (κ1) is 62.0. The quantitative estimate of drug-likeness (QED) is 0.0800. The molecule has 0 bridgehead atoms. The largest absolute Gasteiger partial charge is 0.458 e. The first-order chi connectivity index (χ1) is 35.5. The number of hydrogen-bond acceptors (Lipinski definition) is 7. The monoisotopic (exact) mass is 1050 g/mol. The number of rotatable bonds is 16. The number of allylic oxidation sites excluding steroid dienone is 24. The second-order valence-corrected chi connectivity index (χ2v) is 25.1. The molecule has 0 aromatic heterocycles. The SMILES string of the molecule is CC1=C[C@H](O)CC(C)(C)[C@H]1/C=C/C(C)=C/C=C/C(C)=C/C=C/C=C(C)/C=C/C=C(C)/C=C/C1=C(C)C[C@@H](O)CC1(C)C.CCCCC(=O)OCC(=O)[C@H]1[C@H](C)C[C@H]2[C@@H]3C[C@H](F)C4=CC(=O)C=C[C@]4(C)[C@@]3(F)[C@@H](O)C[C@@]21C. The fourth-order valence-electron chi connectivity index (χ4n) is 14.0. The van der Waals surface area contributed by atoms with Crippen LogP contribution >= 0.6 is 0 Å². The van der Waals surface area contributed by atoms with Gasteiger partial charge in [0.1, 0.15) is 12.8 Å². The number of fused-ring (bicyclic) bond motifs is 5. The maximum Gasteiger partial charge on any atom is 0.306 e. The number of Topliss-reactive ketones (excluding diaryl/α,β-unsaturated/α-hetero) is 1. The standard InChI is InChI=1S/C40H56O2.C27H36F2O5/c1-29(17-13-19-31(3)21-23-37-33(5)25-35(41)27-39(37,7)8)15-11-12-16-30(2)18-14-20-32(4)22-24-38-34(6)26-36(42)28-40(38,9)10;1-5-6-7-23(33)34-14-21(31)24-15(2)10-17-18-12-20(28)19-11-16(30)8-9-26(19,4)27(18,29)22(32)13-25(17,24)3/h11-25,35-37,41-42H,26-28H2,1-10H3;8-9,11,15,17-18,20,22,24,32H,5-7,10,12-14H2,1-4H3/b12-11+,17-13+,18-14+,23-21+,24-22+,29-15+,30-16+,31-19+,32-20+;/t35-,36+,37-;15-,17+,18+,20+,22+,24-,25+,26+,27+/m01/s1. The molecule has 6 rings (SSSR count). The summed E-state index contributed by atoms with van der Waals surface area (Å²) in [7, 11) is 0. The van der Waals surface area contributed by atoms with Gasteiger partial charge in [0.05, 0.1) is 18.3 Å². The Morgan fingerprint density at radius 3 is 1.99 bits per heavy atom. The first-order valence-corrected chi connectivity index (χ1v) is 28.0. The lowest BCUT2D eigenvalue weighted by molar-refractivity contribution is -0.202. The van der Waals surface area contributed by atoms with E-state index in [4.69, 9.17) is 4.74 Å². The van der Waals surface area contributed by atoms with E-state index in [9.17, 15) is 29.7 Å². The average Bonchev–Trinajstić information content (AvgIpc) is 3.58. The van der Waals surface area contributed by atoms with Gasteiger partial charge in [0.25, 0.3) is 0 Å². The zero-order valence-electron chi connectivity index (χ0n) is 48.4. The van der Waals surface area contributed by atoms with Crippen LogP contribution in [-0.4, -0.2) is 69.6 Å². The van der Waals surface area contributed by atoms with E-state index < -0.39 is 46.6 Å². The Balaban J connectivity index is 0.000000286. The minimum atomic E-state index is -2.15. The van der Waals surface area contributed by atoms with E-state index in [1.54, 1.807) is 6.92 Å². The van der Waals surface area contributed by atoms with E-state index in [1.807, 2.05) is 26.8 Å². The summed E-state index contributed by atoms with van der Waals surface area (Å²) >= 11 is 0. The fourth-order valence-corrected chi connectivity index (χ4v) is 14.0. The van der Waals surface area contributed by atoms with Crippen LogP contribution in [0.3, 0.4) is 0 Å². The highest BCUT2D eigenvalue weighted by Gasteiger charge is 2.73. The van der Waals surface area contributed by atoms with Crippen LogP contribution in [0.4, 0.5) is 8.78 Å². The topological polar surface area (TPSA) is 121 Å². The molecule has 3 saturated carbocycles. The van der Waals surface area contributed by atoms with Crippen molar-refractivity contribution in [3.05, 3.63) is 154 Å². The van der Waals surface area contributed by atoms with Crippen LogP contribution in [0.1, 0.15) is 155 Å². The number of unbranched alkanes of at least 4 members (excludes halogenated alkanes) is 1. The molecule has 0 radical (unpaired) electrons. The number of esters is 1. The Bertz CT molecular complexity index is 2570. The van der Waals surface area contributed by atoms with Gasteiger partial charge in [-0.2, -0.15) is 0 Å². The van der Waals surface area contributed by atoms with E-state index in [0.717, 1.165) is 25.7 Å². The summed E-state index contributed by atoms with van der Waals surface area (Å²) in [5.74, 6) is -2.40. The van der Waals surface area contributed by atoms with Crippen molar-refractivity contribution in [3.63, 3.8) is 0 Å². The molecule has 0 saturated heterocycles. The zero-order chi connectivity index (χ0) is 56.6. The number of halogens is 2. The minimum Gasteiger partial charge on any atom is -0.458 e. The van der Waals surface area contributed by atoms with Gasteiger partial charge in [0.2, 0.25) is 0 Å². The van der Waals surface area contributed by atoms with Gasteiger partial charge in [-0.3, -0.25) is 14.4 Å². The summed E-state index contributed by atoms with van der Waals surface area (Å²) in [6, 6.07) is 0. The predicted octanol–water partition coefficient (Wildman–Crippen LogP) is 14.9. The molecule has 3 fully saturated rings. The zero-order valence-corrected chi connectivity index (χ0v) is 48.4. The van der Waals surface area contributed by atoms with Crippen LogP contribution in [0.2, 0.25) is 0 Å². The molecular weight excluding hydrogens is 955 g/mol. The summed E-state index contributed by atoms with van der Waals surface area (Å²) in [5, 5.41) is 31.5. The van der Waals surface area contributed by atoms with Crippen molar-refractivity contribution in [2.45, 2.75) is 185 Å². The van der Waals surface area contributed by atoms with Crippen LogP contribution in [0, 0.1) is 51.2 Å². The third-order valence-corrected chi connectivity index (χ3v) is 17.8. The summed E-state index contributed by atoms with van der Waals surface area (Å²) < 4.78 is 37.7. The average molecular weight is 1050 g/mol. The third-order valence-electron chi connectivity index (χ3n) is 17.8. The van der Waals surface area contributed by atoms with Crippen LogP contribution in [0.15, 0.2) is 154 Å². The molecule has 416 valence electrons. The molecule has 0 aliphatic heterocycles. The number of ketones is 2. The summed E-state index contributed by atoms with van der Waals surface area (Å²) in [6.07, 6.45) is 37.0. The van der Waals surface area contributed by atoms with Crippen molar-refractivity contribution in [2.24, 2.45) is 51.2 Å². The van der Waals surface area contributed by atoms with Crippen molar-refractivity contribution < 1.29 is 43.2 Å². The smallest absolute Gasteiger partial charge is 0.306 e. The van der Waals surface area contributed by atoms with Crippen LogP contribution in [0.25, 0.3) is 0 Å². The molecule has 6 aliphatic carbocycles. The lowest BCUT2D eigenvalue weighted by Crippen LogP contribution is -2.68. The molecule has 0 heterocycles. The predicted molar refractivity (Wildman–Crippen MR) is 306 cm³/mol. The molecule has 0 spiro atoms. The molecule has 0 amide bonds. The highest BCUT2D eigenvalue weighted by molar-refractivity contribution is 6.01. The normalized spacial score (nSPS) is 34.9. The van der Waals surface area contributed by atoms with Gasteiger partial charge in [-0.1, -0.05) is 186 Å². The van der Waals surface area contributed by atoms with Gasteiger partial charge in [-0.25, -0.2) is 8.78 Å². The van der Waals surface area contributed by atoms with Crippen molar-refractivity contribution in [1.29, 1.82) is 0 Å². The number of carbonyl (C=O) groups is 3. The molecule has 3 N–H and O–H groups in total. The van der Waals surface area contributed by atoms with Crippen molar-refractivity contribution in [2.75, 3.05) is 6.61 Å². The Hall–Kier alpha value is -4.83. The third kappa shape index (κ3) is 14.4. The van der Waals surface area contributed by atoms with Crippen LogP contribution in [-0.2, 0) is 19.1 Å². The van der Waals surface area contributed by atoms with Crippen molar-refractivity contribution >= 4 is 17.5 Å². The molecule has 0 aromatic rings. The Kier molecular flexibility index (Phi) is 21.0. The van der Waals surface area contributed by atoms with Crippen molar-refractivity contribution in [3.8, 4) is 0 Å². The second kappa shape index (κ2) is 25.8. The summed E-state index contributed by atoms with van der Waals surface area (Å²) in [6.45, 7) is 28.7. The van der Waals surface area contributed by atoms with E-state index in [2.05, 4.69) is 154 Å². The van der Waals surface area contributed by atoms with Gasteiger partial charge in [-0.15, -0.1) is 0 Å². The van der Waals surface area contributed by atoms with Gasteiger partial charge < -0.3 is 20.1 Å². The van der Waals surface area contributed by atoms with Gasteiger partial charge >= 0.3 is 5.97 Å². The second-order valence-electron chi connectivity index (χ2n) is 25.1. The number of carbonyl (C=O) groups excluding carboxylic acids is 3. The molecule has 0 unspecified atom stereocenters. The molecular formula is C67H92F2O7. The lowest BCUT2D eigenvalue weighted by Gasteiger charge is -2.62. The maximum absolute atomic E-state index is 17.1. The molecule has 0 aromatic carbocycles. The highest BCUT2D eigenvalue weighted by atomic mass is 19.1. The molecule has 76 heavy (non-hydrogen) atoms. The summed E-state index contributed by atoms with van der Waals surface area (Å²) in [4.78, 5) is 37.1. The highest BCUT2D eigenvalue weighted by Crippen LogP contribution is 2.70. The molecule has 9 heteroatoms. The van der Waals surface area contributed by atoms with E-state index >= 15 is 8.78 Å². The number of alkyl halides is 2. The van der Waals surface area contributed by atoms with Gasteiger partial charge in [-0.05, 0) is 145 Å². The number of ether oxygens (including phenoxy) is 1.